The minimum atomic E-state index is 0.0902. The van der Waals surface area contributed by atoms with Gasteiger partial charge in [0.15, 0.2) is 0 Å². The van der Waals surface area contributed by atoms with Crippen molar-refractivity contribution < 1.29 is 4.74 Å². The number of ether oxygens (including phenoxy) is 1. The number of pyridine rings is 1. The predicted molar refractivity (Wildman–Crippen MR) is 59.4 cm³/mol. The topological polar surface area (TPSA) is 34.1 Å². The van der Waals surface area contributed by atoms with Crippen molar-refractivity contribution in [3.8, 4) is 0 Å². The second kappa shape index (κ2) is 4.45. The highest BCUT2D eigenvalue weighted by Gasteiger charge is 2.19. The van der Waals surface area contributed by atoms with E-state index in [4.69, 9.17) is 4.74 Å². The van der Waals surface area contributed by atoms with Gasteiger partial charge in [-0.1, -0.05) is 6.07 Å². The molecule has 1 unspecified atom stereocenters. The first kappa shape index (κ1) is 10.2. The molecule has 0 saturated carbocycles. The van der Waals surface area contributed by atoms with Crippen LogP contribution in [-0.2, 0) is 4.74 Å². The number of likely N-dealkylation sites (N-methyl/N-ethyl adjacent to an activating group) is 1. The molecule has 2 rings (SSSR count). The van der Waals surface area contributed by atoms with Crippen LogP contribution in [0.5, 0.6) is 0 Å². The second-order valence-electron chi connectivity index (χ2n) is 3.67. The first-order chi connectivity index (χ1) is 7.31. The molecule has 0 spiro atoms. The average molecular weight is 204 g/mol. The largest absolute Gasteiger partial charge is 0.496 e. The lowest BCUT2D eigenvalue weighted by molar-refractivity contribution is 0.217. The van der Waals surface area contributed by atoms with Crippen LogP contribution in [0.2, 0.25) is 0 Å². The van der Waals surface area contributed by atoms with Crippen LogP contribution in [-0.4, -0.2) is 18.6 Å². The van der Waals surface area contributed by atoms with Crippen molar-refractivity contribution in [2.45, 2.75) is 19.4 Å². The molecule has 2 heterocycles. The van der Waals surface area contributed by atoms with E-state index < -0.39 is 0 Å². The summed E-state index contributed by atoms with van der Waals surface area (Å²) in [6, 6.07) is 6.14. The highest BCUT2D eigenvalue weighted by Crippen LogP contribution is 2.24. The number of hydrogen-bond donors (Lipinski definition) is 1. The van der Waals surface area contributed by atoms with Crippen LogP contribution in [0, 0.1) is 6.92 Å². The standard InChI is InChI=1S/C12H16N2O/c1-9-5-3-6-10(14-9)12(13-2)11-7-4-8-15-11/h3,5-7,12-13H,4,8H2,1-2H3. The van der Waals surface area contributed by atoms with Crippen LogP contribution in [0.4, 0.5) is 0 Å². The van der Waals surface area contributed by atoms with Gasteiger partial charge in [0.1, 0.15) is 11.8 Å². The summed E-state index contributed by atoms with van der Waals surface area (Å²) in [7, 11) is 1.93. The van der Waals surface area contributed by atoms with Crippen LogP contribution in [0.25, 0.3) is 0 Å². The van der Waals surface area contributed by atoms with Crippen molar-refractivity contribution in [1.82, 2.24) is 10.3 Å². The lowest BCUT2D eigenvalue weighted by Crippen LogP contribution is -2.20. The van der Waals surface area contributed by atoms with Gasteiger partial charge in [0, 0.05) is 12.1 Å². The molecular weight excluding hydrogens is 188 g/mol. The van der Waals surface area contributed by atoms with Crippen molar-refractivity contribution in [3.63, 3.8) is 0 Å². The number of nitrogens with one attached hydrogen (secondary N) is 1. The number of rotatable bonds is 3. The molecule has 1 atom stereocenters. The van der Waals surface area contributed by atoms with Gasteiger partial charge in [-0.3, -0.25) is 4.98 Å². The minimum absolute atomic E-state index is 0.0902. The third-order valence-electron chi connectivity index (χ3n) is 2.51. The number of hydrogen-bond acceptors (Lipinski definition) is 3. The van der Waals surface area contributed by atoms with E-state index in [9.17, 15) is 0 Å². The molecule has 0 saturated heterocycles. The monoisotopic (exact) mass is 204 g/mol. The summed E-state index contributed by atoms with van der Waals surface area (Å²) in [6.45, 7) is 2.79. The van der Waals surface area contributed by atoms with E-state index in [-0.39, 0.29) is 6.04 Å². The summed E-state index contributed by atoms with van der Waals surface area (Å²) in [5.74, 6) is 0.996. The Hall–Kier alpha value is -1.35. The molecule has 0 amide bonds. The lowest BCUT2D eigenvalue weighted by atomic mass is 10.1. The van der Waals surface area contributed by atoms with Crippen molar-refractivity contribution in [2.24, 2.45) is 0 Å². The minimum Gasteiger partial charge on any atom is -0.496 e. The molecule has 1 N–H and O–H groups in total. The summed E-state index contributed by atoms with van der Waals surface area (Å²) < 4.78 is 5.56. The maximum Gasteiger partial charge on any atom is 0.115 e. The first-order valence-corrected chi connectivity index (χ1v) is 5.25. The lowest BCUT2D eigenvalue weighted by Gasteiger charge is -2.17. The molecule has 15 heavy (non-hydrogen) atoms. The van der Waals surface area contributed by atoms with E-state index >= 15 is 0 Å². The highest BCUT2D eigenvalue weighted by atomic mass is 16.5. The molecule has 1 aliphatic heterocycles. The van der Waals surface area contributed by atoms with E-state index in [1.165, 1.54) is 0 Å². The number of nitrogens with zero attached hydrogens (tertiary/aromatic N) is 1. The van der Waals surface area contributed by atoms with Gasteiger partial charge in [0.25, 0.3) is 0 Å². The van der Waals surface area contributed by atoms with Crippen molar-refractivity contribution in [2.75, 3.05) is 13.7 Å². The van der Waals surface area contributed by atoms with E-state index in [1.54, 1.807) is 0 Å². The molecule has 0 radical (unpaired) electrons. The van der Waals surface area contributed by atoms with Gasteiger partial charge in [-0.25, -0.2) is 0 Å². The van der Waals surface area contributed by atoms with E-state index in [1.807, 2.05) is 32.2 Å². The Morgan fingerprint density at radius 1 is 1.47 bits per heavy atom. The Balaban J connectivity index is 2.26. The number of aryl methyl sites for hydroxylation is 1. The molecule has 1 aromatic heterocycles. The molecule has 1 aliphatic rings. The smallest absolute Gasteiger partial charge is 0.115 e. The fourth-order valence-corrected chi connectivity index (χ4v) is 1.80. The summed E-state index contributed by atoms with van der Waals surface area (Å²) in [5, 5.41) is 3.23. The molecule has 0 fully saturated rings. The maximum atomic E-state index is 5.56. The Kier molecular flexibility index (Phi) is 3.02. The molecule has 1 aromatic rings. The third kappa shape index (κ3) is 2.18. The van der Waals surface area contributed by atoms with Crippen LogP contribution in [0.1, 0.15) is 23.9 Å². The fraction of sp³-hybridized carbons (Fsp3) is 0.417. The zero-order valence-corrected chi connectivity index (χ0v) is 9.16. The SMILES string of the molecule is CNC(C1=CCCO1)c1cccc(C)n1. The zero-order chi connectivity index (χ0) is 10.7. The normalized spacial score (nSPS) is 17.1. The van der Waals surface area contributed by atoms with Crippen LogP contribution < -0.4 is 5.32 Å². The van der Waals surface area contributed by atoms with Crippen LogP contribution in [0.15, 0.2) is 30.0 Å². The molecule has 0 bridgehead atoms. The van der Waals surface area contributed by atoms with Gasteiger partial charge in [-0.15, -0.1) is 0 Å². The average Bonchev–Trinajstić information content (AvgIpc) is 2.72. The summed E-state index contributed by atoms with van der Waals surface area (Å²) in [4.78, 5) is 4.51. The van der Waals surface area contributed by atoms with Crippen LogP contribution in [0.3, 0.4) is 0 Å². The van der Waals surface area contributed by atoms with Gasteiger partial charge in [0.05, 0.1) is 12.3 Å². The van der Waals surface area contributed by atoms with Gasteiger partial charge in [0.2, 0.25) is 0 Å². The van der Waals surface area contributed by atoms with Gasteiger partial charge in [-0.2, -0.15) is 0 Å². The molecular formula is C12H16N2O. The summed E-state index contributed by atoms with van der Waals surface area (Å²) >= 11 is 0. The van der Waals surface area contributed by atoms with Gasteiger partial charge < -0.3 is 10.1 Å². The molecule has 0 aliphatic carbocycles. The Labute approximate surface area is 90.2 Å². The summed E-state index contributed by atoms with van der Waals surface area (Å²) in [5.41, 5.74) is 2.05. The third-order valence-corrected chi connectivity index (χ3v) is 2.51. The maximum absolute atomic E-state index is 5.56. The van der Waals surface area contributed by atoms with Crippen molar-refractivity contribution in [3.05, 3.63) is 41.4 Å². The quantitative estimate of drug-likeness (QED) is 0.817. The Bertz CT molecular complexity index is 374. The van der Waals surface area contributed by atoms with Crippen molar-refractivity contribution >= 4 is 0 Å². The highest BCUT2D eigenvalue weighted by molar-refractivity contribution is 5.22. The predicted octanol–water partition coefficient (Wildman–Crippen LogP) is 1.95. The number of aromatic nitrogens is 1. The molecule has 80 valence electrons. The Morgan fingerprint density at radius 2 is 2.33 bits per heavy atom. The Morgan fingerprint density at radius 3 is 2.93 bits per heavy atom. The zero-order valence-electron chi connectivity index (χ0n) is 9.16. The summed E-state index contributed by atoms with van der Waals surface area (Å²) in [6.07, 6.45) is 3.13. The fourth-order valence-electron chi connectivity index (χ4n) is 1.80. The van der Waals surface area contributed by atoms with E-state index in [0.29, 0.717) is 0 Å². The molecule has 3 nitrogen and oxygen atoms in total. The van der Waals surface area contributed by atoms with E-state index in [2.05, 4.69) is 16.4 Å². The van der Waals surface area contributed by atoms with Crippen LogP contribution >= 0.6 is 0 Å². The van der Waals surface area contributed by atoms with Gasteiger partial charge >= 0.3 is 0 Å². The van der Waals surface area contributed by atoms with E-state index in [0.717, 1.165) is 30.2 Å². The molecule has 3 heteroatoms. The van der Waals surface area contributed by atoms with Crippen molar-refractivity contribution in [1.29, 1.82) is 0 Å². The first-order valence-electron chi connectivity index (χ1n) is 5.25. The molecule has 0 aromatic carbocycles. The second-order valence-corrected chi connectivity index (χ2v) is 3.67. The van der Waals surface area contributed by atoms with Gasteiger partial charge in [-0.05, 0) is 32.2 Å².